The smallest absolute Gasteiger partial charge is 0.313 e. The van der Waals surface area contributed by atoms with E-state index in [1.165, 1.54) is 31.1 Å². The molecule has 0 spiro atoms. The number of hydrogen-bond donors (Lipinski definition) is 1. The maximum absolute atomic E-state index is 11.9. The molecule has 5 nitrogen and oxygen atoms in total. The third-order valence-corrected chi connectivity index (χ3v) is 3.70. The van der Waals surface area contributed by atoms with E-state index in [1.807, 2.05) is 30.3 Å². The monoisotopic (exact) mass is 290 g/mol. The average molecular weight is 290 g/mol. The van der Waals surface area contributed by atoms with E-state index in [4.69, 9.17) is 4.74 Å². The van der Waals surface area contributed by atoms with Gasteiger partial charge in [0.05, 0.1) is 13.0 Å². The molecule has 2 aromatic rings. The number of aromatic nitrogens is 2. The van der Waals surface area contributed by atoms with Gasteiger partial charge in [0.1, 0.15) is 0 Å². The van der Waals surface area contributed by atoms with Gasteiger partial charge in [0.25, 0.3) is 5.56 Å². The van der Waals surface area contributed by atoms with Crippen molar-refractivity contribution in [3.8, 4) is 0 Å². The number of nitrogens with one attached hydrogen (secondary N) is 1. The van der Waals surface area contributed by atoms with Gasteiger partial charge in [-0.05, 0) is 5.56 Å². The summed E-state index contributed by atoms with van der Waals surface area (Å²) in [4.78, 5) is 29.7. The molecule has 0 saturated heterocycles. The number of carbonyl (C=O) groups excluding carboxylic acids is 1. The molecule has 1 unspecified atom stereocenters. The van der Waals surface area contributed by atoms with Crippen LogP contribution in [0, 0.1) is 0 Å². The quantitative estimate of drug-likeness (QED) is 0.516. The van der Waals surface area contributed by atoms with Gasteiger partial charge in [-0.25, -0.2) is 4.98 Å². The van der Waals surface area contributed by atoms with Crippen LogP contribution in [0.1, 0.15) is 11.5 Å². The van der Waals surface area contributed by atoms with Gasteiger partial charge in [-0.2, -0.15) is 0 Å². The van der Waals surface area contributed by atoms with E-state index in [0.29, 0.717) is 10.9 Å². The molecule has 0 aliphatic carbocycles. The molecule has 6 heteroatoms. The molecule has 1 heterocycles. The van der Waals surface area contributed by atoms with Crippen molar-refractivity contribution in [1.29, 1.82) is 0 Å². The molecular formula is C14H14N2O3S. The van der Waals surface area contributed by atoms with Gasteiger partial charge < -0.3 is 9.72 Å². The lowest BCUT2D eigenvalue weighted by Crippen LogP contribution is -2.17. The Bertz CT molecular complexity index is 628. The molecule has 0 saturated carbocycles. The number of carbonyl (C=O) groups is 1. The van der Waals surface area contributed by atoms with E-state index in [-0.39, 0.29) is 11.5 Å². The molecule has 0 bridgehead atoms. The normalized spacial score (nSPS) is 11.8. The highest BCUT2D eigenvalue weighted by atomic mass is 32.2. The van der Waals surface area contributed by atoms with Crippen molar-refractivity contribution in [1.82, 2.24) is 9.97 Å². The van der Waals surface area contributed by atoms with E-state index >= 15 is 0 Å². The maximum Gasteiger partial charge on any atom is 0.313 e. The highest BCUT2D eigenvalue weighted by molar-refractivity contribution is 7.99. The van der Waals surface area contributed by atoms with Crippen LogP contribution < -0.4 is 5.56 Å². The van der Waals surface area contributed by atoms with Crippen molar-refractivity contribution < 1.29 is 9.53 Å². The fraction of sp³-hybridized carbons (Fsp3) is 0.214. The number of ether oxygens (including phenoxy) is 1. The maximum atomic E-state index is 11.9. The van der Waals surface area contributed by atoms with Crippen molar-refractivity contribution in [2.45, 2.75) is 11.1 Å². The van der Waals surface area contributed by atoms with Gasteiger partial charge >= 0.3 is 5.97 Å². The minimum absolute atomic E-state index is 0.211. The Hall–Kier alpha value is -2.08. The molecule has 0 fully saturated rings. The second-order valence-electron chi connectivity index (χ2n) is 4.04. The van der Waals surface area contributed by atoms with Crippen LogP contribution in [0.4, 0.5) is 0 Å². The van der Waals surface area contributed by atoms with Gasteiger partial charge in [0.15, 0.2) is 5.16 Å². The Morgan fingerprint density at radius 1 is 1.35 bits per heavy atom. The largest absolute Gasteiger partial charge is 0.469 e. The fourth-order valence-corrected chi connectivity index (χ4v) is 2.68. The molecule has 0 radical (unpaired) electrons. The standard InChI is InChI=1S/C14H14N2O3S/c1-19-13(18)11(10-5-3-2-4-6-10)9-20-14-15-8-7-12(17)16-14/h2-8,11H,9H2,1H3,(H,15,16,17). The third-order valence-electron chi connectivity index (χ3n) is 2.72. The lowest BCUT2D eigenvalue weighted by Gasteiger charge is -2.14. The molecular weight excluding hydrogens is 276 g/mol. The Morgan fingerprint density at radius 2 is 2.10 bits per heavy atom. The fourth-order valence-electron chi connectivity index (χ4n) is 1.72. The number of benzene rings is 1. The number of hydrogen-bond acceptors (Lipinski definition) is 5. The molecule has 1 atom stereocenters. The van der Waals surface area contributed by atoms with Crippen LogP contribution in [0.2, 0.25) is 0 Å². The summed E-state index contributed by atoms with van der Waals surface area (Å²) in [6.45, 7) is 0. The van der Waals surface area contributed by atoms with Crippen LogP contribution in [0.25, 0.3) is 0 Å². The van der Waals surface area contributed by atoms with E-state index in [0.717, 1.165) is 5.56 Å². The minimum Gasteiger partial charge on any atom is -0.469 e. The lowest BCUT2D eigenvalue weighted by molar-refractivity contribution is -0.141. The number of esters is 1. The molecule has 20 heavy (non-hydrogen) atoms. The first-order valence-electron chi connectivity index (χ1n) is 6.01. The van der Waals surface area contributed by atoms with Gasteiger partial charge in [0, 0.05) is 18.0 Å². The Labute approximate surface area is 120 Å². The zero-order chi connectivity index (χ0) is 14.4. The average Bonchev–Trinajstić information content (AvgIpc) is 2.48. The third kappa shape index (κ3) is 3.71. The zero-order valence-electron chi connectivity index (χ0n) is 10.9. The molecule has 104 valence electrons. The van der Waals surface area contributed by atoms with E-state index in [2.05, 4.69) is 9.97 Å². The zero-order valence-corrected chi connectivity index (χ0v) is 11.7. The van der Waals surface area contributed by atoms with Gasteiger partial charge in [-0.1, -0.05) is 42.1 Å². The van der Waals surface area contributed by atoms with Crippen LogP contribution in [0.15, 0.2) is 52.5 Å². The minimum atomic E-state index is -0.392. The number of aromatic amines is 1. The Balaban J connectivity index is 2.13. The van der Waals surface area contributed by atoms with Crippen molar-refractivity contribution in [2.75, 3.05) is 12.9 Å². The summed E-state index contributed by atoms with van der Waals surface area (Å²) in [5, 5.41) is 0.488. The molecule has 1 aromatic heterocycles. The summed E-state index contributed by atoms with van der Waals surface area (Å²) in [6.07, 6.45) is 1.44. The Morgan fingerprint density at radius 3 is 2.75 bits per heavy atom. The first kappa shape index (κ1) is 14.3. The van der Waals surface area contributed by atoms with E-state index < -0.39 is 5.92 Å². The summed E-state index contributed by atoms with van der Waals surface area (Å²) >= 11 is 1.31. The van der Waals surface area contributed by atoms with E-state index in [1.54, 1.807) is 0 Å². The lowest BCUT2D eigenvalue weighted by atomic mass is 10.0. The number of H-pyrrole nitrogens is 1. The van der Waals surface area contributed by atoms with Gasteiger partial charge in [-0.15, -0.1) is 0 Å². The van der Waals surface area contributed by atoms with E-state index in [9.17, 15) is 9.59 Å². The summed E-state index contributed by atoms with van der Waals surface area (Å²) in [7, 11) is 1.37. The number of methoxy groups -OCH3 is 1. The van der Waals surface area contributed by atoms with Crippen LogP contribution in [-0.4, -0.2) is 28.8 Å². The Kier molecular flexibility index (Phi) is 4.95. The topological polar surface area (TPSA) is 72.0 Å². The van der Waals surface area contributed by atoms with Crippen molar-refractivity contribution in [3.63, 3.8) is 0 Å². The molecule has 1 aromatic carbocycles. The predicted octanol–water partition coefficient (Wildman–Crippen LogP) is 1.82. The molecule has 0 aliphatic rings. The molecule has 0 amide bonds. The second kappa shape index (κ2) is 6.91. The summed E-state index contributed by atoms with van der Waals surface area (Å²) in [5.41, 5.74) is 0.668. The highest BCUT2D eigenvalue weighted by Crippen LogP contribution is 2.24. The van der Waals surface area contributed by atoms with Crippen LogP contribution in [-0.2, 0) is 9.53 Å². The van der Waals surface area contributed by atoms with Gasteiger partial charge in [-0.3, -0.25) is 9.59 Å². The van der Waals surface area contributed by atoms with Gasteiger partial charge in [0.2, 0.25) is 0 Å². The van der Waals surface area contributed by atoms with Crippen molar-refractivity contribution in [3.05, 3.63) is 58.5 Å². The van der Waals surface area contributed by atoms with Crippen LogP contribution in [0.3, 0.4) is 0 Å². The SMILES string of the molecule is COC(=O)C(CSc1nccc(=O)[nH]1)c1ccccc1. The van der Waals surface area contributed by atoms with Crippen molar-refractivity contribution >= 4 is 17.7 Å². The summed E-state index contributed by atoms with van der Waals surface area (Å²) in [5.74, 6) is -0.248. The van der Waals surface area contributed by atoms with Crippen LogP contribution >= 0.6 is 11.8 Å². The predicted molar refractivity (Wildman–Crippen MR) is 76.8 cm³/mol. The first-order chi connectivity index (χ1) is 9.70. The number of nitrogens with zero attached hydrogens (tertiary/aromatic N) is 1. The second-order valence-corrected chi connectivity index (χ2v) is 5.05. The highest BCUT2D eigenvalue weighted by Gasteiger charge is 2.21. The van der Waals surface area contributed by atoms with Crippen molar-refractivity contribution in [2.24, 2.45) is 0 Å². The van der Waals surface area contributed by atoms with Crippen LogP contribution in [0.5, 0.6) is 0 Å². The summed E-state index contributed by atoms with van der Waals surface area (Å²) < 4.78 is 4.83. The molecule has 1 N–H and O–H groups in total. The summed E-state index contributed by atoms with van der Waals surface area (Å²) in [6, 6.07) is 10.7. The first-order valence-corrected chi connectivity index (χ1v) is 7.00. The molecule has 2 rings (SSSR count). The number of thioether (sulfide) groups is 1. The molecule has 0 aliphatic heterocycles. The number of rotatable bonds is 5.